The minimum absolute atomic E-state index is 0.0433. The second kappa shape index (κ2) is 8.20. The second-order valence-electron chi connectivity index (χ2n) is 7.38. The molecule has 0 N–H and O–H groups in total. The summed E-state index contributed by atoms with van der Waals surface area (Å²) in [4.78, 5) is 19.7. The Balaban J connectivity index is 1.31. The van der Waals surface area contributed by atoms with Crippen molar-refractivity contribution in [2.24, 2.45) is 0 Å². The predicted octanol–water partition coefficient (Wildman–Crippen LogP) is 4.76. The molecule has 0 bridgehead atoms. The lowest BCUT2D eigenvalue weighted by Crippen LogP contribution is -2.31. The summed E-state index contributed by atoms with van der Waals surface area (Å²) in [7, 11) is 0. The van der Waals surface area contributed by atoms with Gasteiger partial charge in [0.15, 0.2) is 11.5 Å². The maximum atomic E-state index is 13.2. The first-order valence-corrected chi connectivity index (χ1v) is 11.8. The Bertz CT molecular complexity index is 1180. The van der Waals surface area contributed by atoms with Crippen LogP contribution in [0.2, 0.25) is 0 Å². The molecular weight excluding hydrogens is 414 g/mol. The zero-order valence-corrected chi connectivity index (χ0v) is 18.2. The Labute approximate surface area is 183 Å². The van der Waals surface area contributed by atoms with Crippen molar-refractivity contribution in [1.29, 1.82) is 0 Å². The van der Waals surface area contributed by atoms with Crippen LogP contribution in [0.5, 0.6) is 0 Å². The van der Waals surface area contributed by atoms with E-state index in [1.807, 2.05) is 64.9 Å². The third-order valence-corrected chi connectivity index (χ3v) is 7.52. The topological polar surface area (TPSA) is 63.4 Å². The standard InChI is InChI=1S/C22H21N5OS2/c1-15-13-29-22(23-15)30-14-16-7-9-17(10-8-16)21(28)26-12-4-5-18(26)20-25-24-19-6-2-3-11-27(19)20/h2-3,6-11,13,18H,4-5,12,14H2,1H3. The zero-order valence-electron chi connectivity index (χ0n) is 16.6. The average molecular weight is 436 g/mol. The SMILES string of the molecule is Cc1csc(SCc2ccc(C(=O)N3CCCC3c3nnc4ccccn34)cc2)n1. The van der Waals surface area contributed by atoms with Crippen molar-refractivity contribution in [3.63, 3.8) is 0 Å². The van der Waals surface area contributed by atoms with Gasteiger partial charge >= 0.3 is 0 Å². The van der Waals surface area contributed by atoms with Crippen LogP contribution in [0.15, 0.2) is 58.4 Å². The Morgan fingerprint density at radius 1 is 1.20 bits per heavy atom. The quantitative estimate of drug-likeness (QED) is 0.423. The first kappa shape index (κ1) is 19.3. The van der Waals surface area contributed by atoms with Crippen molar-refractivity contribution >= 4 is 34.7 Å². The fourth-order valence-corrected chi connectivity index (χ4v) is 5.62. The van der Waals surface area contributed by atoms with Gasteiger partial charge in [-0.3, -0.25) is 9.20 Å². The number of rotatable bonds is 5. The highest BCUT2D eigenvalue weighted by Gasteiger charge is 2.33. The lowest BCUT2D eigenvalue weighted by molar-refractivity contribution is 0.0729. The molecule has 30 heavy (non-hydrogen) atoms. The number of aryl methyl sites for hydroxylation is 1. The molecule has 5 rings (SSSR count). The van der Waals surface area contributed by atoms with Crippen LogP contribution in [0.3, 0.4) is 0 Å². The van der Waals surface area contributed by atoms with Crippen molar-refractivity contribution in [2.45, 2.75) is 35.9 Å². The number of aromatic nitrogens is 4. The van der Waals surface area contributed by atoms with Crippen molar-refractivity contribution in [3.8, 4) is 0 Å². The van der Waals surface area contributed by atoms with Crippen LogP contribution >= 0.6 is 23.1 Å². The third kappa shape index (κ3) is 3.73. The first-order valence-electron chi connectivity index (χ1n) is 9.93. The monoisotopic (exact) mass is 435 g/mol. The van der Waals surface area contributed by atoms with E-state index in [1.54, 1.807) is 23.1 Å². The molecule has 1 aliphatic heterocycles. The number of carbonyl (C=O) groups is 1. The Kier molecular flexibility index (Phi) is 5.26. The van der Waals surface area contributed by atoms with Gasteiger partial charge in [0.25, 0.3) is 5.91 Å². The van der Waals surface area contributed by atoms with Crippen LogP contribution in [-0.4, -0.2) is 36.9 Å². The molecule has 8 heteroatoms. The lowest BCUT2D eigenvalue weighted by Gasteiger charge is -2.23. The van der Waals surface area contributed by atoms with Crippen LogP contribution in [0.1, 0.15) is 46.3 Å². The molecule has 3 aromatic heterocycles. The fourth-order valence-electron chi connectivity index (χ4n) is 3.82. The van der Waals surface area contributed by atoms with E-state index in [2.05, 4.69) is 20.6 Å². The van der Waals surface area contributed by atoms with E-state index in [0.717, 1.165) is 52.2 Å². The zero-order chi connectivity index (χ0) is 20.5. The number of fused-ring (bicyclic) bond motifs is 1. The van der Waals surface area contributed by atoms with Gasteiger partial charge < -0.3 is 4.90 Å². The molecule has 1 fully saturated rings. The minimum Gasteiger partial charge on any atom is -0.328 e. The predicted molar refractivity (Wildman–Crippen MR) is 119 cm³/mol. The van der Waals surface area contributed by atoms with Crippen LogP contribution in [0.25, 0.3) is 5.65 Å². The number of hydrogen-bond acceptors (Lipinski definition) is 6. The van der Waals surface area contributed by atoms with E-state index in [-0.39, 0.29) is 11.9 Å². The molecule has 1 amide bonds. The van der Waals surface area contributed by atoms with E-state index in [0.29, 0.717) is 0 Å². The molecule has 0 spiro atoms. The molecule has 0 saturated carbocycles. The summed E-state index contributed by atoms with van der Waals surface area (Å²) in [6.07, 6.45) is 3.84. The molecule has 152 valence electrons. The van der Waals surface area contributed by atoms with Crippen LogP contribution in [0, 0.1) is 6.92 Å². The molecule has 1 saturated heterocycles. The number of thioether (sulfide) groups is 1. The van der Waals surface area contributed by atoms with E-state index in [9.17, 15) is 4.79 Å². The van der Waals surface area contributed by atoms with Gasteiger partial charge in [0.1, 0.15) is 4.34 Å². The highest BCUT2D eigenvalue weighted by atomic mass is 32.2. The lowest BCUT2D eigenvalue weighted by atomic mass is 10.1. The van der Waals surface area contributed by atoms with Gasteiger partial charge in [-0.25, -0.2) is 4.98 Å². The van der Waals surface area contributed by atoms with E-state index >= 15 is 0 Å². The van der Waals surface area contributed by atoms with E-state index < -0.39 is 0 Å². The van der Waals surface area contributed by atoms with Gasteiger partial charge in [-0.1, -0.05) is 30.0 Å². The van der Waals surface area contributed by atoms with Crippen LogP contribution < -0.4 is 0 Å². The highest BCUT2D eigenvalue weighted by molar-refractivity contribution is 8.00. The van der Waals surface area contributed by atoms with Crippen molar-refractivity contribution in [1.82, 2.24) is 24.5 Å². The number of amides is 1. The van der Waals surface area contributed by atoms with E-state index in [4.69, 9.17) is 0 Å². The molecular formula is C22H21N5OS2. The van der Waals surface area contributed by atoms with Gasteiger partial charge in [-0.05, 0) is 49.6 Å². The van der Waals surface area contributed by atoms with Gasteiger partial charge in [0.2, 0.25) is 0 Å². The Morgan fingerprint density at radius 2 is 2.07 bits per heavy atom. The van der Waals surface area contributed by atoms with Crippen molar-refractivity contribution in [3.05, 3.63) is 76.7 Å². The maximum absolute atomic E-state index is 13.2. The molecule has 1 unspecified atom stereocenters. The summed E-state index contributed by atoms with van der Waals surface area (Å²) in [6, 6.07) is 13.7. The van der Waals surface area contributed by atoms with Gasteiger partial charge in [-0.15, -0.1) is 21.5 Å². The smallest absolute Gasteiger partial charge is 0.254 e. The Morgan fingerprint density at radius 3 is 2.87 bits per heavy atom. The first-order chi connectivity index (χ1) is 14.7. The molecule has 4 heterocycles. The molecule has 4 aromatic rings. The molecule has 1 atom stereocenters. The number of thiazole rings is 1. The second-order valence-corrected chi connectivity index (χ2v) is 9.46. The van der Waals surface area contributed by atoms with Crippen LogP contribution in [0.4, 0.5) is 0 Å². The minimum atomic E-state index is -0.0433. The average Bonchev–Trinajstić information content (AvgIpc) is 3.51. The third-order valence-electron chi connectivity index (χ3n) is 5.31. The van der Waals surface area contributed by atoms with Crippen LogP contribution in [-0.2, 0) is 5.75 Å². The normalized spacial score (nSPS) is 16.4. The number of benzene rings is 1. The number of hydrogen-bond donors (Lipinski definition) is 0. The summed E-state index contributed by atoms with van der Waals surface area (Å²) >= 11 is 3.40. The number of likely N-dealkylation sites (tertiary alicyclic amines) is 1. The summed E-state index contributed by atoms with van der Waals surface area (Å²) in [5.74, 6) is 1.74. The molecule has 0 radical (unpaired) electrons. The van der Waals surface area contributed by atoms with E-state index in [1.165, 1.54) is 5.56 Å². The van der Waals surface area contributed by atoms with Gasteiger partial charge in [-0.2, -0.15) is 0 Å². The molecule has 0 aliphatic carbocycles. The van der Waals surface area contributed by atoms with Crippen molar-refractivity contribution < 1.29 is 4.79 Å². The number of nitrogens with zero attached hydrogens (tertiary/aromatic N) is 5. The largest absolute Gasteiger partial charge is 0.328 e. The maximum Gasteiger partial charge on any atom is 0.254 e. The molecule has 1 aromatic carbocycles. The summed E-state index contributed by atoms with van der Waals surface area (Å²) < 4.78 is 3.06. The van der Waals surface area contributed by atoms with Gasteiger partial charge in [0, 0.05) is 35.1 Å². The van der Waals surface area contributed by atoms with Crippen molar-refractivity contribution in [2.75, 3.05) is 6.54 Å². The summed E-state index contributed by atoms with van der Waals surface area (Å²) in [6.45, 7) is 2.75. The summed E-state index contributed by atoms with van der Waals surface area (Å²) in [5, 5.41) is 10.7. The number of pyridine rings is 1. The fraction of sp³-hybridized carbons (Fsp3) is 0.273. The summed E-state index contributed by atoms with van der Waals surface area (Å²) in [5.41, 5.74) is 3.77. The Hall–Kier alpha value is -2.71. The highest BCUT2D eigenvalue weighted by Crippen LogP contribution is 2.32. The molecule has 6 nitrogen and oxygen atoms in total. The number of carbonyl (C=O) groups excluding carboxylic acids is 1. The van der Waals surface area contributed by atoms with Gasteiger partial charge in [0.05, 0.1) is 6.04 Å². The molecule has 1 aliphatic rings.